The van der Waals surface area contributed by atoms with Crippen LogP contribution in [0.3, 0.4) is 0 Å². The van der Waals surface area contributed by atoms with Crippen molar-refractivity contribution in [3.63, 3.8) is 0 Å². The van der Waals surface area contributed by atoms with Crippen LogP contribution in [0.4, 0.5) is 0 Å². The Bertz CT molecular complexity index is 454. The Morgan fingerprint density at radius 2 is 2.15 bits per heavy atom. The Kier molecular flexibility index (Phi) is 4.34. The zero-order valence-electron chi connectivity index (χ0n) is 12.4. The van der Waals surface area contributed by atoms with Crippen molar-refractivity contribution >= 4 is 11.6 Å². The van der Waals surface area contributed by atoms with Crippen molar-refractivity contribution in [1.82, 2.24) is 10.2 Å². The molecule has 2 aliphatic rings. The first-order chi connectivity index (χ1) is 9.72. The topological polar surface area (TPSA) is 15.3 Å². The van der Waals surface area contributed by atoms with Crippen LogP contribution in [-0.2, 0) is 6.54 Å². The van der Waals surface area contributed by atoms with Crippen LogP contribution in [0.2, 0.25) is 5.02 Å². The summed E-state index contributed by atoms with van der Waals surface area (Å²) in [7, 11) is 0. The number of benzene rings is 1. The Balaban J connectivity index is 1.79. The molecule has 1 aliphatic carbocycles. The van der Waals surface area contributed by atoms with Gasteiger partial charge in [0.25, 0.3) is 0 Å². The van der Waals surface area contributed by atoms with Crippen molar-refractivity contribution in [3.8, 4) is 0 Å². The molecule has 1 unspecified atom stereocenters. The number of halogens is 1. The molecule has 0 aromatic heterocycles. The van der Waals surface area contributed by atoms with Gasteiger partial charge < -0.3 is 5.32 Å². The zero-order valence-corrected chi connectivity index (χ0v) is 13.1. The first kappa shape index (κ1) is 14.4. The average molecular weight is 293 g/mol. The third-order valence-corrected chi connectivity index (χ3v) is 5.36. The molecule has 2 nitrogen and oxygen atoms in total. The van der Waals surface area contributed by atoms with Crippen molar-refractivity contribution in [2.45, 2.75) is 57.2 Å². The van der Waals surface area contributed by atoms with Crippen LogP contribution in [0.25, 0.3) is 0 Å². The van der Waals surface area contributed by atoms with Gasteiger partial charge in [0.1, 0.15) is 0 Å². The van der Waals surface area contributed by atoms with Crippen molar-refractivity contribution in [2.75, 3.05) is 13.1 Å². The van der Waals surface area contributed by atoms with E-state index >= 15 is 0 Å². The highest BCUT2D eigenvalue weighted by Crippen LogP contribution is 2.38. The second-order valence-electron chi connectivity index (χ2n) is 6.43. The third kappa shape index (κ3) is 2.88. The Morgan fingerprint density at radius 1 is 1.35 bits per heavy atom. The zero-order chi connectivity index (χ0) is 14.0. The van der Waals surface area contributed by atoms with E-state index in [-0.39, 0.29) is 0 Å². The fourth-order valence-corrected chi connectivity index (χ4v) is 4.07. The normalized spacial score (nSPS) is 26.2. The molecule has 1 saturated carbocycles. The van der Waals surface area contributed by atoms with Crippen LogP contribution >= 0.6 is 11.6 Å². The van der Waals surface area contributed by atoms with E-state index in [1.54, 1.807) is 0 Å². The van der Waals surface area contributed by atoms with Gasteiger partial charge in [0.15, 0.2) is 0 Å². The summed E-state index contributed by atoms with van der Waals surface area (Å²) >= 11 is 6.14. The largest absolute Gasteiger partial charge is 0.311 e. The predicted octanol–water partition coefficient (Wildman–Crippen LogP) is 3.84. The lowest BCUT2D eigenvalue weighted by molar-refractivity contribution is 0.0349. The van der Waals surface area contributed by atoms with Crippen LogP contribution in [0, 0.1) is 0 Å². The first-order valence-corrected chi connectivity index (χ1v) is 8.32. The van der Waals surface area contributed by atoms with Crippen LogP contribution in [-0.4, -0.2) is 29.6 Å². The molecule has 1 aromatic carbocycles. The summed E-state index contributed by atoms with van der Waals surface area (Å²) in [5.74, 6) is 0. The molecule has 0 bridgehead atoms. The summed E-state index contributed by atoms with van der Waals surface area (Å²) in [5.41, 5.74) is 1.74. The van der Waals surface area contributed by atoms with Gasteiger partial charge in [-0.2, -0.15) is 0 Å². The van der Waals surface area contributed by atoms with Crippen LogP contribution < -0.4 is 5.32 Å². The molecule has 2 fully saturated rings. The fourth-order valence-electron chi connectivity index (χ4n) is 3.86. The van der Waals surface area contributed by atoms with E-state index in [0.717, 1.165) is 18.1 Å². The second kappa shape index (κ2) is 6.05. The summed E-state index contributed by atoms with van der Waals surface area (Å²) in [6.07, 6.45) is 6.66. The number of piperazine rings is 1. The van der Waals surface area contributed by atoms with Crippen molar-refractivity contribution in [1.29, 1.82) is 0 Å². The van der Waals surface area contributed by atoms with E-state index in [9.17, 15) is 0 Å². The van der Waals surface area contributed by atoms with E-state index in [0.29, 0.717) is 11.6 Å². The van der Waals surface area contributed by atoms with Crippen LogP contribution in [0.15, 0.2) is 24.3 Å². The SMILES string of the molecule is CCC1CN(Cc2cccc(Cl)c2)C2(CCCC2)CN1. The van der Waals surface area contributed by atoms with E-state index < -0.39 is 0 Å². The summed E-state index contributed by atoms with van der Waals surface area (Å²) in [4.78, 5) is 2.73. The summed E-state index contributed by atoms with van der Waals surface area (Å²) in [6.45, 7) is 5.65. The van der Waals surface area contributed by atoms with Crippen LogP contribution in [0.1, 0.15) is 44.6 Å². The van der Waals surface area contributed by atoms with Gasteiger partial charge in [0.05, 0.1) is 0 Å². The van der Waals surface area contributed by atoms with E-state index in [4.69, 9.17) is 11.6 Å². The molecule has 0 radical (unpaired) electrons. The number of nitrogens with one attached hydrogen (secondary N) is 1. The van der Waals surface area contributed by atoms with Gasteiger partial charge in [0.2, 0.25) is 0 Å². The fraction of sp³-hybridized carbons (Fsp3) is 0.647. The Morgan fingerprint density at radius 3 is 2.85 bits per heavy atom. The highest BCUT2D eigenvalue weighted by Gasteiger charge is 2.42. The van der Waals surface area contributed by atoms with Crippen molar-refractivity contribution in [2.24, 2.45) is 0 Å². The second-order valence-corrected chi connectivity index (χ2v) is 6.86. The molecule has 1 spiro atoms. The third-order valence-electron chi connectivity index (χ3n) is 5.12. The Hall–Kier alpha value is -0.570. The quantitative estimate of drug-likeness (QED) is 0.911. The van der Waals surface area contributed by atoms with E-state index in [2.05, 4.69) is 35.3 Å². The molecular formula is C17H25ClN2. The number of rotatable bonds is 3. The Labute approximate surface area is 127 Å². The standard InChI is InChI=1S/C17H25ClN2/c1-2-16-12-20(11-14-6-5-7-15(18)10-14)17(13-19-16)8-3-4-9-17/h5-7,10,16,19H,2-4,8-9,11-13H2,1H3. The highest BCUT2D eigenvalue weighted by molar-refractivity contribution is 6.30. The molecular weight excluding hydrogens is 268 g/mol. The van der Waals surface area contributed by atoms with Crippen molar-refractivity contribution in [3.05, 3.63) is 34.9 Å². The molecule has 1 heterocycles. The minimum Gasteiger partial charge on any atom is -0.311 e. The first-order valence-electron chi connectivity index (χ1n) is 7.95. The lowest BCUT2D eigenvalue weighted by atomic mass is 9.90. The maximum absolute atomic E-state index is 6.14. The van der Waals surface area contributed by atoms with Gasteiger partial charge in [-0.1, -0.05) is 43.5 Å². The monoisotopic (exact) mass is 292 g/mol. The van der Waals surface area contributed by atoms with E-state index in [1.165, 1.54) is 44.2 Å². The predicted molar refractivity (Wildman–Crippen MR) is 85.1 cm³/mol. The van der Waals surface area contributed by atoms with Gasteiger partial charge in [-0.15, -0.1) is 0 Å². The highest BCUT2D eigenvalue weighted by atomic mass is 35.5. The van der Waals surface area contributed by atoms with Gasteiger partial charge in [-0.05, 0) is 37.0 Å². The number of hydrogen-bond donors (Lipinski definition) is 1. The molecule has 3 heteroatoms. The number of nitrogens with zero attached hydrogens (tertiary/aromatic N) is 1. The molecule has 0 amide bonds. The van der Waals surface area contributed by atoms with Gasteiger partial charge in [0, 0.05) is 36.2 Å². The summed E-state index contributed by atoms with van der Waals surface area (Å²) < 4.78 is 0. The van der Waals surface area contributed by atoms with E-state index in [1.807, 2.05) is 6.07 Å². The van der Waals surface area contributed by atoms with Crippen molar-refractivity contribution < 1.29 is 0 Å². The molecule has 110 valence electrons. The van der Waals surface area contributed by atoms with Gasteiger partial charge in [-0.25, -0.2) is 0 Å². The lowest BCUT2D eigenvalue weighted by Crippen LogP contribution is -2.62. The van der Waals surface area contributed by atoms with Crippen LogP contribution in [0.5, 0.6) is 0 Å². The molecule has 3 rings (SSSR count). The maximum atomic E-state index is 6.14. The minimum absolute atomic E-state index is 0.397. The molecule has 1 N–H and O–H groups in total. The molecule has 20 heavy (non-hydrogen) atoms. The summed E-state index contributed by atoms with van der Waals surface area (Å²) in [6, 6.07) is 8.99. The summed E-state index contributed by atoms with van der Waals surface area (Å²) in [5, 5.41) is 4.61. The molecule has 1 atom stereocenters. The average Bonchev–Trinajstić information content (AvgIpc) is 2.91. The smallest absolute Gasteiger partial charge is 0.0409 e. The number of hydrogen-bond acceptors (Lipinski definition) is 2. The molecule has 1 aliphatic heterocycles. The molecule has 1 saturated heterocycles. The minimum atomic E-state index is 0.397. The maximum Gasteiger partial charge on any atom is 0.0409 e. The van der Waals surface area contributed by atoms with Gasteiger partial charge in [-0.3, -0.25) is 4.90 Å². The van der Waals surface area contributed by atoms with Gasteiger partial charge >= 0.3 is 0 Å². The molecule has 1 aromatic rings. The lowest BCUT2D eigenvalue weighted by Gasteiger charge is -2.48.